The fraction of sp³-hybridized carbons (Fsp3) is 0.290. The molecule has 0 unspecified atom stereocenters. The third-order valence-corrected chi connectivity index (χ3v) is 7.16. The topological polar surface area (TPSA) is 56.9 Å². The van der Waals surface area contributed by atoms with E-state index in [0.717, 1.165) is 45.6 Å². The van der Waals surface area contributed by atoms with Crippen molar-refractivity contribution in [2.24, 2.45) is 0 Å². The van der Waals surface area contributed by atoms with Crippen LogP contribution in [0.4, 0.5) is 0 Å². The molecule has 3 aromatic carbocycles. The second-order valence-electron chi connectivity index (χ2n) is 9.79. The molecule has 1 aromatic heterocycles. The van der Waals surface area contributed by atoms with Crippen molar-refractivity contribution in [3.8, 4) is 6.07 Å². The van der Waals surface area contributed by atoms with E-state index in [-0.39, 0.29) is 0 Å². The third kappa shape index (κ3) is 5.91. The van der Waals surface area contributed by atoms with Crippen LogP contribution in [0.25, 0.3) is 0 Å². The van der Waals surface area contributed by atoms with Crippen LogP contribution < -0.4 is 5.32 Å². The van der Waals surface area contributed by atoms with E-state index in [2.05, 4.69) is 81.3 Å². The smallest absolute Gasteiger partial charge is 0.0991 e. The Morgan fingerprint density at radius 3 is 2.56 bits per heavy atom. The van der Waals surface area contributed by atoms with E-state index in [9.17, 15) is 0 Å². The average molecular weight is 476 g/mol. The van der Waals surface area contributed by atoms with Crippen molar-refractivity contribution in [3.05, 3.63) is 124 Å². The predicted octanol–water partition coefficient (Wildman–Crippen LogP) is 4.87. The largest absolute Gasteiger partial charge is 0.330 e. The third-order valence-electron chi connectivity index (χ3n) is 7.16. The molecule has 182 valence electrons. The van der Waals surface area contributed by atoms with E-state index in [0.29, 0.717) is 11.6 Å². The minimum absolute atomic E-state index is 0.396. The Morgan fingerprint density at radius 2 is 1.75 bits per heavy atom. The molecule has 1 aliphatic heterocycles. The number of imidazole rings is 1. The quantitative estimate of drug-likeness (QED) is 0.395. The molecule has 0 bridgehead atoms. The Bertz CT molecular complexity index is 1330. The van der Waals surface area contributed by atoms with Gasteiger partial charge in [0.2, 0.25) is 0 Å². The fourth-order valence-corrected chi connectivity index (χ4v) is 5.13. The Balaban J connectivity index is 1.23. The average Bonchev–Trinajstić information content (AvgIpc) is 3.25. The molecule has 5 heteroatoms. The minimum atomic E-state index is 0.396. The van der Waals surface area contributed by atoms with Crippen LogP contribution in [0.5, 0.6) is 0 Å². The maximum Gasteiger partial charge on any atom is 0.0991 e. The summed E-state index contributed by atoms with van der Waals surface area (Å²) in [7, 11) is 0. The van der Waals surface area contributed by atoms with E-state index in [4.69, 9.17) is 5.26 Å². The van der Waals surface area contributed by atoms with Crippen molar-refractivity contribution in [1.82, 2.24) is 19.8 Å². The molecule has 0 spiro atoms. The molecule has 5 rings (SSSR count). The second kappa shape index (κ2) is 11.3. The molecular weight excluding hydrogens is 442 g/mol. The number of hydrogen-bond acceptors (Lipinski definition) is 4. The molecule has 1 N–H and O–H groups in total. The van der Waals surface area contributed by atoms with E-state index >= 15 is 0 Å². The number of fused-ring (bicyclic) bond motifs is 1. The minimum Gasteiger partial charge on any atom is -0.330 e. The molecular formula is C31H33N5. The summed E-state index contributed by atoms with van der Waals surface area (Å²) in [6, 6.07) is 28.0. The van der Waals surface area contributed by atoms with E-state index in [1.807, 2.05) is 36.8 Å². The van der Waals surface area contributed by atoms with Crippen LogP contribution in [0.2, 0.25) is 0 Å². The molecule has 0 radical (unpaired) electrons. The maximum atomic E-state index is 9.03. The van der Waals surface area contributed by atoms with Gasteiger partial charge < -0.3 is 9.88 Å². The Hall–Kier alpha value is -3.72. The van der Waals surface area contributed by atoms with Crippen LogP contribution >= 0.6 is 0 Å². The highest BCUT2D eigenvalue weighted by Crippen LogP contribution is 2.21. The number of benzene rings is 3. The fourth-order valence-electron chi connectivity index (χ4n) is 5.13. The first-order valence-electron chi connectivity index (χ1n) is 12.7. The highest BCUT2D eigenvalue weighted by Gasteiger charge is 2.22. The zero-order chi connectivity index (χ0) is 24.7. The lowest BCUT2D eigenvalue weighted by molar-refractivity contribution is 0.233. The van der Waals surface area contributed by atoms with Crippen molar-refractivity contribution < 1.29 is 0 Å². The standard InChI is InChI=1S/C31H33N5/c1-24-6-2-3-8-28(24)20-35-21-29-9-5-4-7-27(29)16-30(22-35)34-15-14-31-18-33-23-36(31)19-26-12-10-25(17-32)11-13-26/h2-13,18,23,30,34H,14-16,19-22H2,1H3/t30-/m0/s1. The van der Waals surface area contributed by atoms with Crippen molar-refractivity contribution >= 4 is 0 Å². The van der Waals surface area contributed by atoms with Gasteiger partial charge in [0.1, 0.15) is 0 Å². The molecule has 0 aliphatic carbocycles. The van der Waals surface area contributed by atoms with Gasteiger partial charge >= 0.3 is 0 Å². The number of nitrogens with zero attached hydrogens (tertiary/aromatic N) is 4. The summed E-state index contributed by atoms with van der Waals surface area (Å²) in [6.45, 7) is 6.86. The lowest BCUT2D eigenvalue weighted by atomic mass is 10.0. The molecule has 0 saturated carbocycles. The number of nitriles is 1. The first-order valence-corrected chi connectivity index (χ1v) is 12.7. The van der Waals surface area contributed by atoms with Gasteiger partial charge in [0.05, 0.1) is 18.0 Å². The van der Waals surface area contributed by atoms with Crippen LogP contribution in [-0.4, -0.2) is 33.6 Å². The van der Waals surface area contributed by atoms with Gasteiger partial charge in [-0.15, -0.1) is 0 Å². The van der Waals surface area contributed by atoms with Crippen molar-refractivity contribution in [2.75, 3.05) is 13.1 Å². The van der Waals surface area contributed by atoms with Crippen molar-refractivity contribution in [2.45, 2.75) is 45.4 Å². The molecule has 4 aromatic rings. The van der Waals surface area contributed by atoms with Gasteiger partial charge in [0.25, 0.3) is 0 Å². The highest BCUT2D eigenvalue weighted by atomic mass is 15.2. The zero-order valence-electron chi connectivity index (χ0n) is 20.9. The van der Waals surface area contributed by atoms with Crippen molar-refractivity contribution in [1.29, 1.82) is 5.26 Å². The van der Waals surface area contributed by atoms with Crippen LogP contribution in [-0.2, 0) is 32.5 Å². The number of rotatable bonds is 8. The van der Waals surface area contributed by atoms with Gasteiger partial charge in [-0.3, -0.25) is 4.90 Å². The summed E-state index contributed by atoms with van der Waals surface area (Å²) in [4.78, 5) is 6.99. The van der Waals surface area contributed by atoms with E-state index in [1.54, 1.807) is 0 Å². The summed E-state index contributed by atoms with van der Waals surface area (Å²) < 4.78 is 2.20. The first-order chi connectivity index (χ1) is 17.7. The van der Waals surface area contributed by atoms with Gasteiger partial charge in [0, 0.05) is 57.1 Å². The predicted molar refractivity (Wildman–Crippen MR) is 143 cm³/mol. The molecule has 36 heavy (non-hydrogen) atoms. The molecule has 5 nitrogen and oxygen atoms in total. The van der Waals surface area contributed by atoms with Gasteiger partial charge in [-0.2, -0.15) is 5.26 Å². The number of nitrogens with one attached hydrogen (secondary N) is 1. The Kier molecular flexibility index (Phi) is 7.56. The molecule has 0 fully saturated rings. The van der Waals surface area contributed by atoms with Crippen LogP contribution in [0.15, 0.2) is 85.3 Å². The molecule has 0 amide bonds. The van der Waals surface area contributed by atoms with Crippen LogP contribution in [0.3, 0.4) is 0 Å². The summed E-state index contributed by atoms with van der Waals surface area (Å²) in [5.41, 5.74) is 8.74. The lowest BCUT2D eigenvalue weighted by Crippen LogP contribution is -2.41. The number of hydrogen-bond donors (Lipinski definition) is 1. The normalized spacial score (nSPS) is 15.7. The first kappa shape index (κ1) is 24.0. The Labute approximate surface area is 214 Å². The molecule has 1 atom stereocenters. The summed E-state index contributed by atoms with van der Waals surface area (Å²) >= 11 is 0. The lowest BCUT2D eigenvalue weighted by Gasteiger charge is -2.26. The van der Waals surface area contributed by atoms with Gasteiger partial charge in [0.15, 0.2) is 0 Å². The van der Waals surface area contributed by atoms with Gasteiger partial charge in [-0.05, 0) is 53.3 Å². The van der Waals surface area contributed by atoms with Crippen LogP contribution in [0.1, 0.15) is 39.1 Å². The number of aromatic nitrogens is 2. The summed E-state index contributed by atoms with van der Waals surface area (Å²) in [6.07, 6.45) is 5.84. The van der Waals surface area contributed by atoms with E-state index < -0.39 is 0 Å². The zero-order valence-corrected chi connectivity index (χ0v) is 20.9. The Morgan fingerprint density at radius 1 is 0.972 bits per heavy atom. The van der Waals surface area contributed by atoms with Crippen molar-refractivity contribution in [3.63, 3.8) is 0 Å². The second-order valence-corrected chi connectivity index (χ2v) is 9.79. The SMILES string of the molecule is Cc1ccccc1CN1Cc2ccccc2C[C@H](NCCc2cncn2Cc2ccc(C#N)cc2)C1. The van der Waals surface area contributed by atoms with E-state index in [1.165, 1.54) is 33.5 Å². The van der Waals surface area contributed by atoms with Gasteiger partial charge in [-0.25, -0.2) is 4.98 Å². The summed E-state index contributed by atoms with van der Waals surface area (Å²) in [5, 5.41) is 12.9. The summed E-state index contributed by atoms with van der Waals surface area (Å²) in [5.74, 6) is 0. The molecule has 0 saturated heterocycles. The van der Waals surface area contributed by atoms with Crippen LogP contribution in [0, 0.1) is 18.3 Å². The monoisotopic (exact) mass is 475 g/mol. The van der Waals surface area contributed by atoms with Gasteiger partial charge in [-0.1, -0.05) is 60.7 Å². The molecule has 2 heterocycles. The molecule has 1 aliphatic rings. The number of aryl methyl sites for hydroxylation is 1. The highest BCUT2D eigenvalue weighted by molar-refractivity contribution is 5.32. The maximum absolute atomic E-state index is 9.03.